The Hall–Kier alpha value is -1.89. The van der Waals surface area contributed by atoms with Crippen molar-refractivity contribution in [1.29, 1.82) is 0 Å². The Morgan fingerprint density at radius 1 is 1.04 bits per heavy atom. The van der Waals surface area contributed by atoms with Crippen molar-refractivity contribution in [2.75, 3.05) is 13.1 Å². The minimum Gasteiger partial charge on any atom is -0.348 e. The third kappa shape index (κ3) is 4.60. The summed E-state index contributed by atoms with van der Waals surface area (Å²) in [5.74, 6) is -0.285. The van der Waals surface area contributed by atoms with Gasteiger partial charge in [-0.15, -0.1) is 0 Å². The first-order chi connectivity index (χ1) is 11.9. The van der Waals surface area contributed by atoms with Crippen LogP contribution >= 0.6 is 11.6 Å². The van der Waals surface area contributed by atoms with E-state index in [1.54, 1.807) is 19.9 Å². The lowest BCUT2D eigenvalue weighted by atomic mass is 10.2. The molecule has 0 aromatic heterocycles. The van der Waals surface area contributed by atoms with Crippen LogP contribution in [0, 0.1) is 0 Å². The Balaban J connectivity index is 2.09. The van der Waals surface area contributed by atoms with Gasteiger partial charge in [0.15, 0.2) is 0 Å². The van der Waals surface area contributed by atoms with Crippen LogP contribution in [-0.4, -0.2) is 31.7 Å². The fourth-order valence-corrected chi connectivity index (χ4v) is 4.07. The minimum atomic E-state index is -3.52. The number of amides is 1. The van der Waals surface area contributed by atoms with E-state index < -0.39 is 10.0 Å². The topological polar surface area (TPSA) is 66.5 Å². The van der Waals surface area contributed by atoms with Gasteiger partial charge in [0.1, 0.15) is 0 Å². The second-order valence-corrected chi connectivity index (χ2v) is 7.73. The minimum absolute atomic E-state index is 0.179. The van der Waals surface area contributed by atoms with Gasteiger partial charge < -0.3 is 5.32 Å². The molecule has 0 atom stereocenters. The van der Waals surface area contributed by atoms with Crippen molar-refractivity contribution in [3.63, 3.8) is 0 Å². The molecule has 134 valence electrons. The van der Waals surface area contributed by atoms with Crippen LogP contribution in [0.5, 0.6) is 0 Å². The number of nitrogens with one attached hydrogen (secondary N) is 1. The highest BCUT2D eigenvalue weighted by Gasteiger charge is 2.21. The first kappa shape index (κ1) is 19.4. The van der Waals surface area contributed by atoms with Crippen molar-refractivity contribution in [2.24, 2.45) is 0 Å². The zero-order chi connectivity index (χ0) is 18.4. The molecule has 2 aromatic carbocycles. The molecule has 25 heavy (non-hydrogen) atoms. The van der Waals surface area contributed by atoms with Gasteiger partial charge in [0.25, 0.3) is 5.91 Å². The molecule has 0 spiro atoms. The largest absolute Gasteiger partial charge is 0.348 e. The maximum atomic E-state index is 12.4. The van der Waals surface area contributed by atoms with Crippen LogP contribution < -0.4 is 5.32 Å². The predicted molar refractivity (Wildman–Crippen MR) is 99.2 cm³/mol. The Morgan fingerprint density at radius 3 is 2.20 bits per heavy atom. The van der Waals surface area contributed by atoms with Crippen LogP contribution in [0.4, 0.5) is 0 Å². The van der Waals surface area contributed by atoms with E-state index in [0.717, 1.165) is 5.56 Å². The summed E-state index contributed by atoms with van der Waals surface area (Å²) in [6.07, 6.45) is 0. The van der Waals surface area contributed by atoms with E-state index >= 15 is 0 Å². The van der Waals surface area contributed by atoms with Gasteiger partial charge in [-0.25, -0.2) is 8.42 Å². The number of halogens is 1. The van der Waals surface area contributed by atoms with Gasteiger partial charge >= 0.3 is 0 Å². The molecule has 1 N–H and O–H groups in total. The SMILES string of the molecule is CCN(CC)S(=O)(=O)c1ccc(C(=O)NCc2ccccc2Cl)cc1. The van der Waals surface area contributed by atoms with Crippen molar-refractivity contribution in [2.45, 2.75) is 25.3 Å². The van der Waals surface area contributed by atoms with E-state index in [4.69, 9.17) is 11.6 Å². The van der Waals surface area contributed by atoms with E-state index in [0.29, 0.717) is 30.2 Å². The van der Waals surface area contributed by atoms with E-state index in [1.807, 2.05) is 18.2 Å². The summed E-state index contributed by atoms with van der Waals surface area (Å²) >= 11 is 6.06. The first-order valence-electron chi connectivity index (χ1n) is 8.02. The van der Waals surface area contributed by atoms with Gasteiger partial charge in [0.2, 0.25) is 10.0 Å². The standard InChI is InChI=1S/C18H21ClN2O3S/c1-3-21(4-2)25(23,24)16-11-9-14(10-12-16)18(22)20-13-15-7-5-6-8-17(15)19/h5-12H,3-4,13H2,1-2H3,(H,20,22). The van der Waals surface area contributed by atoms with Crippen LogP contribution in [0.15, 0.2) is 53.4 Å². The van der Waals surface area contributed by atoms with Gasteiger partial charge in [-0.2, -0.15) is 4.31 Å². The number of hydrogen-bond donors (Lipinski definition) is 1. The first-order valence-corrected chi connectivity index (χ1v) is 9.83. The lowest BCUT2D eigenvalue weighted by Crippen LogP contribution is -2.30. The van der Waals surface area contributed by atoms with E-state index in [2.05, 4.69) is 5.32 Å². The molecule has 0 bridgehead atoms. The number of rotatable bonds is 7. The van der Waals surface area contributed by atoms with E-state index in [1.165, 1.54) is 28.6 Å². The number of benzene rings is 2. The zero-order valence-corrected chi connectivity index (χ0v) is 15.8. The molecule has 0 fully saturated rings. The van der Waals surface area contributed by atoms with Gasteiger partial charge in [0.05, 0.1) is 4.90 Å². The Kier molecular flexibility index (Phi) is 6.58. The van der Waals surface area contributed by atoms with Crippen molar-refractivity contribution >= 4 is 27.5 Å². The molecule has 2 aromatic rings. The summed E-state index contributed by atoms with van der Waals surface area (Å²) in [6.45, 7) is 4.69. The summed E-state index contributed by atoms with van der Waals surface area (Å²) < 4.78 is 26.2. The van der Waals surface area contributed by atoms with Gasteiger partial charge in [-0.3, -0.25) is 4.79 Å². The zero-order valence-electron chi connectivity index (χ0n) is 14.2. The van der Waals surface area contributed by atoms with Crippen LogP contribution in [-0.2, 0) is 16.6 Å². The smallest absolute Gasteiger partial charge is 0.251 e. The number of carbonyl (C=O) groups excluding carboxylic acids is 1. The molecule has 0 saturated heterocycles. The van der Waals surface area contributed by atoms with E-state index in [-0.39, 0.29) is 10.8 Å². The highest BCUT2D eigenvalue weighted by Crippen LogP contribution is 2.17. The van der Waals surface area contributed by atoms with Crippen LogP contribution in [0.3, 0.4) is 0 Å². The molecule has 7 heteroatoms. The van der Waals surface area contributed by atoms with Crippen molar-refractivity contribution < 1.29 is 13.2 Å². The average Bonchev–Trinajstić information content (AvgIpc) is 2.61. The maximum absolute atomic E-state index is 12.4. The summed E-state index contributed by atoms with van der Waals surface area (Å²) in [4.78, 5) is 12.4. The molecule has 0 unspecified atom stereocenters. The fraction of sp³-hybridized carbons (Fsp3) is 0.278. The lowest BCUT2D eigenvalue weighted by Gasteiger charge is -2.18. The van der Waals surface area contributed by atoms with Gasteiger partial charge in [-0.05, 0) is 35.9 Å². The Bertz CT molecular complexity index is 832. The lowest BCUT2D eigenvalue weighted by molar-refractivity contribution is 0.0951. The summed E-state index contributed by atoms with van der Waals surface area (Å²) in [5, 5.41) is 3.36. The second-order valence-electron chi connectivity index (χ2n) is 5.39. The molecule has 5 nitrogen and oxygen atoms in total. The van der Waals surface area contributed by atoms with E-state index in [9.17, 15) is 13.2 Å². The molecular formula is C18H21ClN2O3S. The predicted octanol–water partition coefficient (Wildman–Crippen LogP) is 3.30. The van der Waals surface area contributed by atoms with Crippen molar-refractivity contribution in [1.82, 2.24) is 9.62 Å². The van der Waals surface area contributed by atoms with Crippen LogP contribution in [0.2, 0.25) is 5.02 Å². The van der Waals surface area contributed by atoms with Crippen LogP contribution in [0.1, 0.15) is 29.8 Å². The van der Waals surface area contributed by atoms with Crippen LogP contribution in [0.25, 0.3) is 0 Å². The number of carbonyl (C=O) groups is 1. The molecule has 0 aliphatic carbocycles. The van der Waals surface area contributed by atoms with Gasteiger partial charge in [0, 0.05) is 30.2 Å². The van der Waals surface area contributed by atoms with Gasteiger partial charge in [-0.1, -0.05) is 43.6 Å². The average molecular weight is 381 g/mol. The monoisotopic (exact) mass is 380 g/mol. The third-order valence-corrected chi connectivity index (χ3v) is 6.29. The molecule has 2 rings (SSSR count). The highest BCUT2D eigenvalue weighted by molar-refractivity contribution is 7.89. The Morgan fingerprint density at radius 2 is 1.64 bits per heavy atom. The molecular weight excluding hydrogens is 360 g/mol. The summed E-state index contributed by atoms with van der Waals surface area (Å²) in [6, 6.07) is 13.2. The number of sulfonamides is 1. The van der Waals surface area contributed by atoms with Crippen molar-refractivity contribution in [3.05, 3.63) is 64.7 Å². The third-order valence-electron chi connectivity index (χ3n) is 3.86. The molecule has 0 heterocycles. The summed E-state index contributed by atoms with van der Waals surface area (Å²) in [5.41, 5.74) is 1.21. The fourth-order valence-electron chi connectivity index (χ4n) is 2.41. The molecule has 0 aliphatic heterocycles. The molecule has 0 saturated carbocycles. The molecule has 1 amide bonds. The summed E-state index contributed by atoms with van der Waals surface area (Å²) in [7, 11) is -3.52. The number of nitrogens with zero attached hydrogens (tertiary/aromatic N) is 1. The highest BCUT2D eigenvalue weighted by atomic mass is 35.5. The molecule has 0 aliphatic rings. The number of hydrogen-bond acceptors (Lipinski definition) is 3. The Labute approximate surface area is 153 Å². The maximum Gasteiger partial charge on any atom is 0.251 e. The second kappa shape index (κ2) is 8.47. The molecule has 0 radical (unpaired) electrons. The quantitative estimate of drug-likeness (QED) is 0.801. The van der Waals surface area contributed by atoms with Crippen molar-refractivity contribution in [3.8, 4) is 0 Å². The normalized spacial score (nSPS) is 11.5.